The van der Waals surface area contributed by atoms with Crippen molar-refractivity contribution in [1.82, 2.24) is 10.6 Å². The molecule has 24 heavy (non-hydrogen) atoms. The fraction of sp³-hybridized carbons (Fsp3) is 0.412. The lowest BCUT2D eigenvalue weighted by Crippen LogP contribution is -3.10. The number of nitrogens with one attached hydrogen (secondary N) is 3. The van der Waals surface area contributed by atoms with Crippen LogP contribution in [0.2, 0.25) is 0 Å². The first-order valence-corrected chi connectivity index (χ1v) is 7.99. The minimum absolute atomic E-state index is 0.135. The van der Waals surface area contributed by atoms with Crippen molar-refractivity contribution in [2.45, 2.75) is 26.9 Å². The van der Waals surface area contributed by atoms with Crippen molar-refractivity contribution >= 4 is 11.9 Å². The number of amides is 3. The van der Waals surface area contributed by atoms with Crippen molar-refractivity contribution in [2.75, 3.05) is 13.1 Å². The van der Waals surface area contributed by atoms with E-state index in [9.17, 15) is 9.59 Å². The van der Waals surface area contributed by atoms with Crippen LogP contribution in [-0.2, 0) is 17.9 Å². The van der Waals surface area contributed by atoms with Crippen LogP contribution in [-0.4, -0.2) is 25.0 Å². The van der Waals surface area contributed by atoms with E-state index >= 15 is 0 Å². The number of quaternary nitrogens is 1. The molecule has 7 nitrogen and oxygen atoms in total. The largest absolute Gasteiger partial charge is 0.463 e. The van der Waals surface area contributed by atoms with E-state index in [0.717, 1.165) is 16.4 Å². The van der Waals surface area contributed by atoms with Crippen molar-refractivity contribution in [3.8, 4) is 0 Å². The summed E-state index contributed by atoms with van der Waals surface area (Å²) in [5.74, 6) is 1.53. The zero-order valence-corrected chi connectivity index (χ0v) is 14.0. The monoisotopic (exact) mass is 334 g/mol. The maximum Gasteiger partial charge on any atom is 0.321 e. The molecular weight excluding hydrogens is 310 g/mol. The number of furan rings is 2. The van der Waals surface area contributed by atoms with Crippen LogP contribution in [0.25, 0.3) is 0 Å². The molecule has 0 bridgehead atoms. The molecule has 0 atom stereocenters. The van der Waals surface area contributed by atoms with Gasteiger partial charge in [-0.3, -0.25) is 10.1 Å². The Kier molecular flexibility index (Phi) is 6.62. The predicted octanol–water partition coefficient (Wildman–Crippen LogP) is 0.940. The molecule has 2 aromatic heterocycles. The van der Waals surface area contributed by atoms with E-state index in [0.29, 0.717) is 25.6 Å². The van der Waals surface area contributed by atoms with Gasteiger partial charge in [-0.1, -0.05) is 13.8 Å². The topological polar surface area (TPSA) is 88.9 Å². The van der Waals surface area contributed by atoms with E-state index in [1.54, 1.807) is 24.7 Å². The number of hydrogen-bond donors (Lipinski definition) is 3. The molecule has 2 rings (SSSR count). The van der Waals surface area contributed by atoms with Gasteiger partial charge in [0.05, 0.1) is 12.5 Å². The Morgan fingerprint density at radius 1 is 1.08 bits per heavy atom. The third kappa shape index (κ3) is 6.29. The molecule has 0 fully saturated rings. The number of hydrogen-bond acceptors (Lipinski definition) is 4. The van der Waals surface area contributed by atoms with Gasteiger partial charge in [0.1, 0.15) is 13.1 Å². The second-order valence-electron chi connectivity index (χ2n) is 6.09. The fourth-order valence-corrected chi connectivity index (χ4v) is 2.25. The van der Waals surface area contributed by atoms with Crippen LogP contribution in [0.5, 0.6) is 0 Å². The van der Waals surface area contributed by atoms with E-state index < -0.39 is 6.03 Å². The van der Waals surface area contributed by atoms with Gasteiger partial charge in [-0.25, -0.2) is 4.79 Å². The SMILES string of the molecule is CC(C)CNC(=O)NC(=O)C[NH+](Cc1ccco1)Cc1ccco1. The highest BCUT2D eigenvalue weighted by atomic mass is 16.3. The molecule has 0 aliphatic carbocycles. The molecule has 0 aliphatic rings. The van der Waals surface area contributed by atoms with Crippen molar-refractivity contribution in [2.24, 2.45) is 5.92 Å². The molecule has 2 aromatic rings. The average molecular weight is 334 g/mol. The number of rotatable bonds is 8. The summed E-state index contributed by atoms with van der Waals surface area (Å²) < 4.78 is 10.7. The standard InChI is InChI=1S/C17H23N3O4/c1-13(2)9-18-17(22)19-16(21)12-20(10-14-5-3-7-23-14)11-15-6-4-8-24-15/h3-8,13H,9-12H2,1-2H3,(H2,18,19,21,22)/p+1. The van der Waals surface area contributed by atoms with E-state index in [2.05, 4.69) is 10.6 Å². The molecule has 0 spiro atoms. The summed E-state index contributed by atoms with van der Waals surface area (Å²) in [4.78, 5) is 24.7. The lowest BCUT2D eigenvalue weighted by atomic mass is 10.2. The van der Waals surface area contributed by atoms with Crippen molar-refractivity contribution in [3.63, 3.8) is 0 Å². The molecule has 0 unspecified atom stereocenters. The Labute approximate surface area is 141 Å². The molecule has 3 amide bonds. The van der Waals surface area contributed by atoms with Crippen LogP contribution < -0.4 is 15.5 Å². The van der Waals surface area contributed by atoms with Gasteiger partial charge in [0.25, 0.3) is 5.91 Å². The zero-order valence-electron chi connectivity index (χ0n) is 14.0. The Hall–Kier alpha value is -2.54. The Bertz CT molecular complexity index is 584. The van der Waals surface area contributed by atoms with E-state index in [-0.39, 0.29) is 12.5 Å². The highest BCUT2D eigenvalue weighted by molar-refractivity contribution is 5.94. The Morgan fingerprint density at radius 3 is 2.12 bits per heavy atom. The maximum absolute atomic E-state index is 12.1. The van der Waals surface area contributed by atoms with Crippen LogP contribution >= 0.6 is 0 Å². The van der Waals surface area contributed by atoms with Gasteiger partial charge in [-0.05, 0) is 30.2 Å². The first-order valence-electron chi connectivity index (χ1n) is 7.99. The summed E-state index contributed by atoms with van der Waals surface area (Å²) in [6.45, 7) is 5.68. The van der Waals surface area contributed by atoms with Crippen LogP contribution in [0.3, 0.4) is 0 Å². The predicted molar refractivity (Wildman–Crippen MR) is 87.0 cm³/mol. The smallest absolute Gasteiger partial charge is 0.321 e. The second-order valence-corrected chi connectivity index (χ2v) is 6.09. The van der Waals surface area contributed by atoms with Crippen molar-refractivity contribution in [1.29, 1.82) is 0 Å². The summed E-state index contributed by atoms with van der Waals surface area (Å²) in [6, 6.07) is 6.85. The van der Waals surface area contributed by atoms with Gasteiger partial charge in [-0.2, -0.15) is 0 Å². The van der Waals surface area contributed by atoms with Gasteiger partial charge in [0.15, 0.2) is 18.1 Å². The number of imide groups is 1. The van der Waals surface area contributed by atoms with Crippen LogP contribution in [0.15, 0.2) is 45.6 Å². The quantitative estimate of drug-likeness (QED) is 0.670. The van der Waals surface area contributed by atoms with Crippen LogP contribution in [0.1, 0.15) is 25.4 Å². The Balaban J connectivity index is 1.89. The third-order valence-corrected chi connectivity index (χ3v) is 3.34. The van der Waals surface area contributed by atoms with E-state index in [1.165, 1.54) is 0 Å². The lowest BCUT2D eigenvalue weighted by Gasteiger charge is -2.17. The normalized spacial score (nSPS) is 11.0. The molecule has 0 radical (unpaired) electrons. The fourth-order valence-electron chi connectivity index (χ4n) is 2.25. The minimum Gasteiger partial charge on any atom is -0.463 e. The molecule has 130 valence electrons. The second kappa shape index (κ2) is 8.93. The number of carbonyl (C=O) groups excluding carboxylic acids is 2. The van der Waals surface area contributed by atoms with E-state index in [1.807, 2.05) is 26.0 Å². The molecule has 3 N–H and O–H groups in total. The van der Waals surface area contributed by atoms with Crippen molar-refractivity contribution in [3.05, 3.63) is 48.3 Å². The van der Waals surface area contributed by atoms with Gasteiger partial charge >= 0.3 is 6.03 Å². The minimum atomic E-state index is -0.468. The third-order valence-electron chi connectivity index (χ3n) is 3.34. The van der Waals surface area contributed by atoms with Crippen LogP contribution in [0, 0.1) is 5.92 Å². The molecule has 0 aromatic carbocycles. The summed E-state index contributed by atoms with van der Waals surface area (Å²) in [7, 11) is 0. The highest BCUT2D eigenvalue weighted by Gasteiger charge is 2.19. The average Bonchev–Trinajstić information content (AvgIpc) is 3.18. The van der Waals surface area contributed by atoms with Gasteiger partial charge in [0.2, 0.25) is 0 Å². The highest BCUT2D eigenvalue weighted by Crippen LogP contribution is 1.99. The summed E-state index contributed by atoms with van der Waals surface area (Å²) in [5.41, 5.74) is 0. The Morgan fingerprint density at radius 2 is 1.67 bits per heavy atom. The van der Waals surface area contributed by atoms with Crippen molar-refractivity contribution < 1.29 is 23.3 Å². The molecule has 0 aliphatic heterocycles. The molecule has 7 heteroatoms. The summed E-state index contributed by atoms with van der Waals surface area (Å²) in [6.07, 6.45) is 3.19. The van der Waals surface area contributed by atoms with Gasteiger partial charge in [-0.15, -0.1) is 0 Å². The first kappa shape index (κ1) is 17.8. The maximum atomic E-state index is 12.1. The zero-order chi connectivity index (χ0) is 17.4. The summed E-state index contributed by atoms with van der Waals surface area (Å²) >= 11 is 0. The van der Waals surface area contributed by atoms with E-state index in [4.69, 9.17) is 8.83 Å². The lowest BCUT2D eigenvalue weighted by molar-refractivity contribution is -0.921. The summed E-state index contributed by atoms with van der Waals surface area (Å²) in [5, 5.41) is 5.01. The number of carbonyl (C=O) groups is 2. The molecule has 0 saturated carbocycles. The molecular formula is C17H24N3O4+. The molecule has 0 saturated heterocycles. The van der Waals surface area contributed by atoms with Crippen LogP contribution in [0.4, 0.5) is 4.79 Å². The first-order chi connectivity index (χ1) is 11.5. The van der Waals surface area contributed by atoms with Gasteiger partial charge < -0.3 is 19.1 Å². The molecule has 2 heterocycles. The number of urea groups is 1. The van der Waals surface area contributed by atoms with Gasteiger partial charge in [0, 0.05) is 6.54 Å².